The number of carboxylic acids is 1. The van der Waals surface area contributed by atoms with Crippen LogP contribution in [0.1, 0.15) is 5.56 Å². The Hall–Kier alpha value is -1.95. The molecule has 0 heterocycles. The second-order valence-electron chi connectivity index (χ2n) is 3.88. The molecule has 0 aromatic heterocycles. The minimum absolute atomic E-state index is 0.227. The lowest BCUT2D eigenvalue weighted by atomic mass is 10.2. The van der Waals surface area contributed by atoms with E-state index in [0.717, 1.165) is 5.56 Å². The van der Waals surface area contributed by atoms with Gasteiger partial charge in [-0.15, -0.1) is 0 Å². The van der Waals surface area contributed by atoms with Crippen molar-refractivity contribution in [1.29, 1.82) is 0 Å². The number of nitrogens with one attached hydrogen (secondary N) is 1. The molecule has 1 aromatic carbocycles. The summed E-state index contributed by atoms with van der Waals surface area (Å²) < 4.78 is 12.7. The van der Waals surface area contributed by atoms with Gasteiger partial charge in [-0.25, -0.2) is 9.18 Å². The van der Waals surface area contributed by atoms with Crippen molar-refractivity contribution in [3.8, 4) is 0 Å². The van der Waals surface area contributed by atoms with Crippen LogP contribution in [0.4, 0.5) is 4.39 Å². The molecule has 1 atom stereocenters. The van der Waals surface area contributed by atoms with Gasteiger partial charge in [0.15, 0.2) is 6.04 Å². The first kappa shape index (κ1) is 14.1. The number of halogens is 1. The van der Waals surface area contributed by atoms with Gasteiger partial charge in [-0.3, -0.25) is 10.1 Å². The number of aliphatic carboxylic acids is 1. The fourth-order valence-corrected chi connectivity index (χ4v) is 1.51. The number of amides is 1. The van der Waals surface area contributed by atoms with E-state index in [1.165, 1.54) is 31.1 Å². The summed E-state index contributed by atoms with van der Waals surface area (Å²) in [6, 6.07) is 4.42. The predicted molar refractivity (Wildman–Crippen MR) is 63.4 cm³/mol. The molecular formula is C12H15FN2O3. The minimum atomic E-state index is -1.27. The first-order valence-electron chi connectivity index (χ1n) is 5.35. The van der Waals surface area contributed by atoms with Crippen LogP contribution in [0.2, 0.25) is 0 Å². The second kappa shape index (κ2) is 6.11. The molecule has 98 valence electrons. The summed E-state index contributed by atoms with van der Waals surface area (Å²) in [6.07, 6.45) is 0. The van der Waals surface area contributed by atoms with Crippen molar-refractivity contribution >= 4 is 11.9 Å². The molecule has 0 saturated heterocycles. The van der Waals surface area contributed by atoms with Crippen molar-refractivity contribution in [2.75, 3.05) is 14.1 Å². The maximum atomic E-state index is 12.7. The van der Waals surface area contributed by atoms with Crippen molar-refractivity contribution in [2.24, 2.45) is 0 Å². The normalized spacial score (nSPS) is 11.9. The topological polar surface area (TPSA) is 69.6 Å². The number of benzene rings is 1. The Kier molecular flexibility index (Phi) is 4.79. The summed E-state index contributed by atoms with van der Waals surface area (Å²) in [6.45, 7) is 0.227. The molecule has 0 aliphatic carbocycles. The van der Waals surface area contributed by atoms with E-state index in [9.17, 15) is 14.0 Å². The summed E-state index contributed by atoms with van der Waals surface area (Å²) in [7, 11) is 2.90. The zero-order chi connectivity index (χ0) is 13.7. The molecular weight excluding hydrogens is 239 g/mol. The van der Waals surface area contributed by atoms with Gasteiger partial charge in [-0.05, 0) is 24.7 Å². The molecule has 0 fully saturated rings. The number of rotatable bonds is 5. The SMILES string of the molecule is CNC(C(=O)O)C(=O)N(C)Cc1ccc(F)cc1. The third kappa shape index (κ3) is 3.53. The third-order valence-corrected chi connectivity index (χ3v) is 2.49. The van der Waals surface area contributed by atoms with Crippen LogP contribution in [-0.2, 0) is 16.1 Å². The van der Waals surface area contributed by atoms with E-state index < -0.39 is 17.9 Å². The molecule has 0 radical (unpaired) electrons. The van der Waals surface area contributed by atoms with E-state index in [2.05, 4.69) is 5.32 Å². The molecule has 0 saturated carbocycles. The molecule has 6 heteroatoms. The summed E-state index contributed by atoms with van der Waals surface area (Å²) in [4.78, 5) is 23.9. The van der Waals surface area contributed by atoms with Crippen molar-refractivity contribution in [1.82, 2.24) is 10.2 Å². The molecule has 0 spiro atoms. The van der Waals surface area contributed by atoms with Crippen LogP contribution in [-0.4, -0.2) is 42.0 Å². The van der Waals surface area contributed by atoms with Gasteiger partial charge in [0.05, 0.1) is 0 Å². The molecule has 0 bridgehead atoms. The summed E-state index contributed by atoms with van der Waals surface area (Å²) in [5.41, 5.74) is 0.729. The van der Waals surface area contributed by atoms with E-state index >= 15 is 0 Å². The molecule has 18 heavy (non-hydrogen) atoms. The Balaban J connectivity index is 2.70. The van der Waals surface area contributed by atoms with Crippen LogP contribution in [0.15, 0.2) is 24.3 Å². The highest BCUT2D eigenvalue weighted by Gasteiger charge is 2.27. The van der Waals surface area contributed by atoms with E-state index in [-0.39, 0.29) is 12.4 Å². The number of carbonyl (C=O) groups excluding carboxylic acids is 1. The lowest BCUT2D eigenvalue weighted by Crippen LogP contribution is -2.48. The molecule has 0 aliphatic heterocycles. The lowest BCUT2D eigenvalue weighted by Gasteiger charge is -2.21. The Labute approximate surface area is 104 Å². The maximum absolute atomic E-state index is 12.7. The van der Waals surface area contributed by atoms with Crippen LogP contribution in [0.5, 0.6) is 0 Å². The van der Waals surface area contributed by atoms with Gasteiger partial charge in [-0.2, -0.15) is 0 Å². The minimum Gasteiger partial charge on any atom is -0.480 e. The summed E-state index contributed by atoms with van der Waals surface area (Å²) in [5, 5.41) is 11.3. The molecule has 5 nitrogen and oxygen atoms in total. The van der Waals surface area contributed by atoms with E-state index in [4.69, 9.17) is 5.11 Å². The quantitative estimate of drug-likeness (QED) is 0.749. The maximum Gasteiger partial charge on any atom is 0.330 e. The predicted octanol–water partition coefficient (Wildman–Crippen LogP) is 0.457. The zero-order valence-electron chi connectivity index (χ0n) is 10.2. The van der Waals surface area contributed by atoms with Crippen LogP contribution in [0.3, 0.4) is 0 Å². The van der Waals surface area contributed by atoms with Crippen molar-refractivity contribution < 1.29 is 19.1 Å². The first-order chi connectivity index (χ1) is 8.45. The van der Waals surface area contributed by atoms with Crippen molar-refractivity contribution in [2.45, 2.75) is 12.6 Å². The standard InChI is InChI=1S/C12H15FN2O3/c1-14-10(12(17)18)11(16)15(2)7-8-3-5-9(13)6-4-8/h3-6,10,14H,7H2,1-2H3,(H,17,18). The van der Waals surface area contributed by atoms with Crippen LogP contribution in [0.25, 0.3) is 0 Å². The summed E-state index contributed by atoms with van der Waals surface area (Å²) in [5.74, 6) is -2.13. The largest absolute Gasteiger partial charge is 0.480 e. The molecule has 1 amide bonds. The number of nitrogens with zero attached hydrogens (tertiary/aromatic N) is 1. The first-order valence-corrected chi connectivity index (χ1v) is 5.35. The Morgan fingerprint density at radius 3 is 2.39 bits per heavy atom. The van der Waals surface area contributed by atoms with Gasteiger partial charge in [0.2, 0.25) is 0 Å². The average molecular weight is 254 g/mol. The third-order valence-electron chi connectivity index (χ3n) is 2.49. The zero-order valence-corrected chi connectivity index (χ0v) is 10.2. The highest BCUT2D eigenvalue weighted by atomic mass is 19.1. The lowest BCUT2D eigenvalue weighted by molar-refractivity contribution is -0.147. The molecule has 2 N–H and O–H groups in total. The average Bonchev–Trinajstić information content (AvgIpc) is 2.32. The van der Waals surface area contributed by atoms with Crippen molar-refractivity contribution in [3.63, 3.8) is 0 Å². The molecule has 1 rings (SSSR count). The monoisotopic (exact) mass is 254 g/mol. The highest BCUT2D eigenvalue weighted by Crippen LogP contribution is 2.06. The smallest absolute Gasteiger partial charge is 0.330 e. The van der Waals surface area contributed by atoms with Crippen molar-refractivity contribution in [3.05, 3.63) is 35.6 Å². The fourth-order valence-electron chi connectivity index (χ4n) is 1.51. The number of hydrogen-bond donors (Lipinski definition) is 2. The highest BCUT2D eigenvalue weighted by molar-refractivity contribution is 6.00. The van der Waals surface area contributed by atoms with E-state index in [1.54, 1.807) is 12.1 Å². The van der Waals surface area contributed by atoms with Gasteiger partial charge in [-0.1, -0.05) is 12.1 Å². The molecule has 0 aliphatic rings. The Morgan fingerprint density at radius 1 is 1.39 bits per heavy atom. The molecule has 1 unspecified atom stereocenters. The fraction of sp³-hybridized carbons (Fsp3) is 0.333. The second-order valence-corrected chi connectivity index (χ2v) is 3.88. The summed E-state index contributed by atoms with van der Waals surface area (Å²) >= 11 is 0. The Bertz CT molecular complexity index is 433. The number of carbonyl (C=O) groups is 2. The van der Waals surface area contributed by atoms with Gasteiger partial charge in [0.25, 0.3) is 5.91 Å². The van der Waals surface area contributed by atoms with Crippen LogP contribution >= 0.6 is 0 Å². The van der Waals surface area contributed by atoms with E-state index in [0.29, 0.717) is 0 Å². The number of likely N-dealkylation sites (N-methyl/N-ethyl adjacent to an activating group) is 2. The van der Waals surface area contributed by atoms with Gasteiger partial charge in [0, 0.05) is 13.6 Å². The van der Waals surface area contributed by atoms with Gasteiger partial charge >= 0.3 is 5.97 Å². The van der Waals surface area contributed by atoms with E-state index in [1.807, 2.05) is 0 Å². The van der Waals surface area contributed by atoms with Crippen LogP contribution in [0, 0.1) is 5.82 Å². The van der Waals surface area contributed by atoms with Gasteiger partial charge in [0.1, 0.15) is 5.82 Å². The number of hydrogen-bond acceptors (Lipinski definition) is 3. The number of carboxylic acid groups (broad SMARTS) is 1. The van der Waals surface area contributed by atoms with Gasteiger partial charge < -0.3 is 10.0 Å². The van der Waals surface area contributed by atoms with Crippen LogP contribution < -0.4 is 5.32 Å². The molecule has 1 aromatic rings. The Morgan fingerprint density at radius 2 is 1.94 bits per heavy atom.